The Morgan fingerprint density at radius 1 is 1.12 bits per heavy atom. The first-order valence-electron chi connectivity index (χ1n) is 9.02. The van der Waals surface area contributed by atoms with Gasteiger partial charge in [-0.3, -0.25) is 4.79 Å². The fourth-order valence-electron chi connectivity index (χ4n) is 3.55. The van der Waals surface area contributed by atoms with Gasteiger partial charge in [-0.1, -0.05) is 73.6 Å². The van der Waals surface area contributed by atoms with Crippen LogP contribution in [0.15, 0.2) is 65.2 Å². The molecule has 26 heavy (non-hydrogen) atoms. The molecule has 4 heteroatoms. The monoisotopic (exact) mass is 346 g/mol. The lowest BCUT2D eigenvalue weighted by molar-refractivity contribution is 0.0682. The lowest BCUT2D eigenvalue weighted by Crippen LogP contribution is -2.38. The molecule has 4 nitrogen and oxygen atoms in total. The van der Waals surface area contributed by atoms with Crippen LogP contribution in [0.1, 0.15) is 58.6 Å². The minimum Gasteiger partial charge on any atom is -0.351 e. The number of amides is 1. The van der Waals surface area contributed by atoms with Gasteiger partial charge in [0.25, 0.3) is 5.91 Å². The Bertz CT molecular complexity index is 915. The summed E-state index contributed by atoms with van der Waals surface area (Å²) in [5.74, 6) is 0.622. The molecule has 0 spiro atoms. The number of hydrogen-bond donors (Lipinski definition) is 0. The molecule has 0 fully saturated rings. The minimum atomic E-state index is -0.0974. The van der Waals surface area contributed by atoms with Gasteiger partial charge in [0.05, 0.1) is 5.69 Å². The second kappa shape index (κ2) is 6.79. The van der Waals surface area contributed by atoms with E-state index in [0.717, 1.165) is 5.69 Å². The fraction of sp³-hybridized carbons (Fsp3) is 0.273. The topological polar surface area (TPSA) is 46.3 Å². The molecule has 1 aliphatic rings. The van der Waals surface area contributed by atoms with Crippen LogP contribution >= 0.6 is 0 Å². The highest BCUT2D eigenvalue weighted by Crippen LogP contribution is 2.34. The number of fused-ring (bicyclic) bond motifs is 1. The summed E-state index contributed by atoms with van der Waals surface area (Å²) in [5, 5.41) is 4.03. The molecule has 0 bridgehead atoms. The van der Waals surface area contributed by atoms with Crippen molar-refractivity contribution < 1.29 is 9.32 Å². The third-order valence-corrected chi connectivity index (χ3v) is 5.01. The van der Waals surface area contributed by atoms with Crippen molar-refractivity contribution in [3.63, 3.8) is 0 Å². The van der Waals surface area contributed by atoms with Crippen LogP contribution in [0.5, 0.6) is 0 Å². The average molecular weight is 346 g/mol. The average Bonchev–Trinajstić information content (AvgIpc) is 3.18. The Labute approximate surface area is 153 Å². The van der Waals surface area contributed by atoms with E-state index in [1.54, 1.807) is 6.07 Å². The van der Waals surface area contributed by atoms with E-state index in [0.29, 0.717) is 18.8 Å². The van der Waals surface area contributed by atoms with E-state index in [-0.39, 0.29) is 17.7 Å². The zero-order valence-corrected chi connectivity index (χ0v) is 15.1. The maximum absolute atomic E-state index is 13.0. The Kier molecular flexibility index (Phi) is 4.33. The summed E-state index contributed by atoms with van der Waals surface area (Å²) < 4.78 is 5.33. The Hall–Kier alpha value is -2.88. The summed E-state index contributed by atoms with van der Waals surface area (Å²) >= 11 is 0. The van der Waals surface area contributed by atoms with Crippen molar-refractivity contribution in [1.82, 2.24) is 10.1 Å². The Morgan fingerprint density at radius 3 is 2.58 bits per heavy atom. The molecule has 1 aliphatic heterocycles. The van der Waals surface area contributed by atoms with Crippen molar-refractivity contribution in [3.05, 3.63) is 88.8 Å². The van der Waals surface area contributed by atoms with E-state index < -0.39 is 0 Å². The van der Waals surface area contributed by atoms with E-state index >= 15 is 0 Å². The van der Waals surface area contributed by atoms with Gasteiger partial charge in [-0.15, -0.1) is 0 Å². The number of benzene rings is 2. The minimum absolute atomic E-state index is 0.0974. The Morgan fingerprint density at radius 2 is 1.85 bits per heavy atom. The van der Waals surface area contributed by atoms with Crippen molar-refractivity contribution in [1.29, 1.82) is 0 Å². The zero-order valence-electron chi connectivity index (χ0n) is 15.1. The van der Waals surface area contributed by atoms with Crippen LogP contribution < -0.4 is 0 Å². The summed E-state index contributed by atoms with van der Waals surface area (Å²) in [7, 11) is 0. The van der Waals surface area contributed by atoms with Crippen LogP contribution in [0, 0.1) is 0 Å². The molecule has 1 atom stereocenters. The lowest BCUT2D eigenvalue weighted by Gasteiger charge is -2.34. The molecule has 1 aromatic heterocycles. The van der Waals surface area contributed by atoms with Gasteiger partial charge < -0.3 is 9.42 Å². The second-order valence-electron chi connectivity index (χ2n) is 7.12. The highest BCUT2D eigenvalue weighted by molar-refractivity contribution is 5.91. The van der Waals surface area contributed by atoms with E-state index in [1.807, 2.05) is 43.0 Å². The molecule has 2 heterocycles. The molecule has 0 N–H and O–H groups in total. The summed E-state index contributed by atoms with van der Waals surface area (Å²) in [5.41, 5.74) is 4.51. The summed E-state index contributed by atoms with van der Waals surface area (Å²) in [6.07, 6.45) is 0. The molecule has 1 amide bonds. The van der Waals surface area contributed by atoms with Gasteiger partial charge >= 0.3 is 0 Å². The number of carbonyl (C=O) groups is 1. The van der Waals surface area contributed by atoms with Gasteiger partial charge in [0.1, 0.15) is 0 Å². The maximum atomic E-state index is 13.0. The molecule has 0 radical (unpaired) electrons. The SMILES string of the molecule is CC(C)c1cc(C(=O)N2Cc3ccccc3C(c3ccccc3)C2)on1. The third kappa shape index (κ3) is 3.03. The number of aromatic nitrogens is 1. The smallest absolute Gasteiger partial charge is 0.292 e. The van der Waals surface area contributed by atoms with Gasteiger partial charge in [0.15, 0.2) is 0 Å². The van der Waals surface area contributed by atoms with Crippen LogP contribution in [-0.2, 0) is 6.54 Å². The van der Waals surface area contributed by atoms with E-state index in [4.69, 9.17) is 4.52 Å². The number of rotatable bonds is 3. The first kappa shape index (κ1) is 16.6. The molecule has 0 saturated carbocycles. The van der Waals surface area contributed by atoms with Crippen LogP contribution in [0.4, 0.5) is 0 Å². The molecule has 0 saturated heterocycles. The van der Waals surface area contributed by atoms with E-state index in [2.05, 4.69) is 35.5 Å². The van der Waals surface area contributed by atoms with Gasteiger partial charge in [-0.2, -0.15) is 0 Å². The standard InChI is InChI=1S/C22H22N2O2/c1-15(2)20-12-21(26-23-20)22(25)24-13-17-10-6-7-11-18(17)19(14-24)16-8-4-3-5-9-16/h3-12,15,19H,13-14H2,1-2H3. The van der Waals surface area contributed by atoms with Crippen molar-refractivity contribution in [2.45, 2.75) is 32.2 Å². The predicted octanol–water partition coefficient (Wildman–Crippen LogP) is 4.59. The quantitative estimate of drug-likeness (QED) is 0.697. The Balaban J connectivity index is 1.67. The van der Waals surface area contributed by atoms with E-state index in [1.165, 1.54) is 16.7 Å². The van der Waals surface area contributed by atoms with E-state index in [9.17, 15) is 4.79 Å². The van der Waals surface area contributed by atoms with Crippen molar-refractivity contribution in [3.8, 4) is 0 Å². The maximum Gasteiger partial charge on any atom is 0.292 e. The lowest BCUT2D eigenvalue weighted by atomic mass is 9.84. The normalized spacial score (nSPS) is 16.6. The number of carbonyl (C=O) groups excluding carboxylic acids is 1. The van der Waals surface area contributed by atoms with Gasteiger partial charge in [-0.25, -0.2) is 0 Å². The van der Waals surface area contributed by atoms with Gasteiger partial charge in [0, 0.05) is 25.1 Å². The van der Waals surface area contributed by atoms with Gasteiger partial charge in [0.2, 0.25) is 5.76 Å². The molecule has 0 aliphatic carbocycles. The van der Waals surface area contributed by atoms with Crippen molar-refractivity contribution >= 4 is 5.91 Å². The summed E-state index contributed by atoms with van der Waals surface area (Å²) in [6.45, 7) is 5.30. The predicted molar refractivity (Wildman–Crippen MR) is 100 cm³/mol. The third-order valence-electron chi connectivity index (χ3n) is 5.01. The van der Waals surface area contributed by atoms with Crippen molar-refractivity contribution in [2.24, 2.45) is 0 Å². The highest BCUT2D eigenvalue weighted by Gasteiger charge is 2.31. The first-order chi connectivity index (χ1) is 12.6. The van der Waals surface area contributed by atoms with Crippen LogP contribution in [0.2, 0.25) is 0 Å². The number of hydrogen-bond acceptors (Lipinski definition) is 3. The summed E-state index contributed by atoms with van der Waals surface area (Å²) in [6, 6.07) is 20.5. The molecule has 1 unspecified atom stereocenters. The largest absolute Gasteiger partial charge is 0.351 e. The molecular formula is C22H22N2O2. The van der Waals surface area contributed by atoms with Crippen LogP contribution in [0.3, 0.4) is 0 Å². The molecule has 132 valence electrons. The second-order valence-corrected chi connectivity index (χ2v) is 7.12. The van der Waals surface area contributed by atoms with Crippen LogP contribution in [-0.4, -0.2) is 22.5 Å². The van der Waals surface area contributed by atoms with Crippen molar-refractivity contribution in [2.75, 3.05) is 6.54 Å². The van der Waals surface area contributed by atoms with Gasteiger partial charge in [-0.05, 0) is 22.6 Å². The number of nitrogens with zero attached hydrogens (tertiary/aromatic N) is 2. The molecule has 3 aromatic rings. The molecule has 4 rings (SSSR count). The molecular weight excluding hydrogens is 324 g/mol. The van der Waals surface area contributed by atoms with Crippen LogP contribution in [0.25, 0.3) is 0 Å². The zero-order chi connectivity index (χ0) is 18.1. The fourth-order valence-corrected chi connectivity index (χ4v) is 3.55. The summed E-state index contributed by atoms with van der Waals surface area (Å²) in [4.78, 5) is 14.9. The highest BCUT2D eigenvalue weighted by atomic mass is 16.5. The first-order valence-corrected chi connectivity index (χ1v) is 9.02. The molecule has 2 aromatic carbocycles.